The van der Waals surface area contributed by atoms with Crippen LogP contribution in [0.25, 0.3) is 0 Å². The molecule has 1 aromatic rings. The minimum absolute atomic E-state index is 0.142. The Bertz CT molecular complexity index is 524. The molecule has 2 N–H and O–H groups in total. The molecule has 0 aliphatic rings. The Morgan fingerprint density at radius 3 is 2.76 bits per heavy atom. The van der Waals surface area contributed by atoms with Crippen molar-refractivity contribution < 1.29 is 18.0 Å². The predicted molar refractivity (Wildman–Crippen MR) is 74.7 cm³/mol. The lowest BCUT2D eigenvalue weighted by molar-refractivity contribution is -0.137. The van der Waals surface area contributed by atoms with Gasteiger partial charge in [-0.1, -0.05) is 18.2 Å². The summed E-state index contributed by atoms with van der Waals surface area (Å²) in [5, 5.41) is 5.10. The molecule has 0 aliphatic carbocycles. The van der Waals surface area contributed by atoms with Crippen molar-refractivity contribution in [3.8, 4) is 0 Å². The number of hydrogen-bond donors (Lipinski definition) is 2. The molecule has 1 rings (SSSR count). The summed E-state index contributed by atoms with van der Waals surface area (Å²) in [6, 6.07) is 2.18. The maximum absolute atomic E-state index is 12.7. The molecule has 114 valence electrons. The molecule has 0 spiro atoms. The van der Waals surface area contributed by atoms with Gasteiger partial charge in [-0.05, 0) is 19.1 Å². The van der Waals surface area contributed by atoms with Crippen molar-refractivity contribution in [1.82, 2.24) is 10.3 Å². The molecule has 0 saturated heterocycles. The van der Waals surface area contributed by atoms with Gasteiger partial charge in [0.1, 0.15) is 5.82 Å². The summed E-state index contributed by atoms with van der Waals surface area (Å²) >= 11 is 0. The second-order valence-corrected chi connectivity index (χ2v) is 4.00. The highest BCUT2D eigenvalue weighted by Crippen LogP contribution is 2.33. The number of carbonyl (C=O) groups excluding carboxylic acids is 1. The molecule has 7 heteroatoms. The first-order chi connectivity index (χ1) is 9.95. The van der Waals surface area contributed by atoms with Crippen LogP contribution in [0.5, 0.6) is 0 Å². The fourth-order valence-electron chi connectivity index (χ4n) is 1.45. The van der Waals surface area contributed by atoms with E-state index in [0.717, 1.165) is 6.07 Å². The van der Waals surface area contributed by atoms with Gasteiger partial charge in [-0.2, -0.15) is 13.2 Å². The van der Waals surface area contributed by atoms with Crippen molar-refractivity contribution in [2.75, 3.05) is 18.4 Å². The monoisotopic (exact) mass is 299 g/mol. The summed E-state index contributed by atoms with van der Waals surface area (Å²) < 4.78 is 38.1. The second-order valence-electron chi connectivity index (χ2n) is 4.00. The quantitative estimate of drug-likeness (QED) is 0.482. The molecule has 0 atom stereocenters. The van der Waals surface area contributed by atoms with Crippen LogP contribution < -0.4 is 10.6 Å². The second kappa shape index (κ2) is 8.08. The van der Waals surface area contributed by atoms with Crippen LogP contribution in [0.3, 0.4) is 0 Å². The zero-order valence-electron chi connectivity index (χ0n) is 11.4. The first-order valence-corrected chi connectivity index (χ1v) is 6.28. The summed E-state index contributed by atoms with van der Waals surface area (Å²) in [6.45, 7) is 2.15. The van der Waals surface area contributed by atoms with E-state index in [0.29, 0.717) is 0 Å². The molecule has 4 nitrogen and oxygen atoms in total. The molecule has 0 bridgehead atoms. The van der Waals surface area contributed by atoms with Crippen LogP contribution in [-0.2, 0) is 11.0 Å². The Morgan fingerprint density at radius 2 is 2.10 bits per heavy atom. The number of amides is 1. The van der Waals surface area contributed by atoms with Crippen molar-refractivity contribution in [2.24, 2.45) is 0 Å². The summed E-state index contributed by atoms with van der Waals surface area (Å²) in [7, 11) is 0. The SMILES string of the molecule is C/C=C/C=C/C(=O)NCCNc1ncccc1C(F)(F)F. The summed E-state index contributed by atoms with van der Waals surface area (Å²) in [5.41, 5.74) is -0.829. The number of hydrogen-bond acceptors (Lipinski definition) is 3. The third kappa shape index (κ3) is 6.11. The highest BCUT2D eigenvalue weighted by molar-refractivity contribution is 5.87. The Morgan fingerprint density at radius 1 is 1.33 bits per heavy atom. The number of aromatic nitrogens is 1. The number of nitrogens with zero attached hydrogens (tertiary/aromatic N) is 1. The number of nitrogens with one attached hydrogen (secondary N) is 2. The van der Waals surface area contributed by atoms with Gasteiger partial charge in [0.25, 0.3) is 0 Å². The van der Waals surface area contributed by atoms with Crippen LogP contribution >= 0.6 is 0 Å². The zero-order chi connectivity index (χ0) is 15.7. The van der Waals surface area contributed by atoms with Crippen molar-refractivity contribution in [1.29, 1.82) is 0 Å². The number of allylic oxidation sites excluding steroid dienone is 3. The molecule has 0 saturated carbocycles. The predicted octanol–water partition coefficient (Wildman–Crippen LogP) is 2.76. The number of carbonyl (C=O) groups is 1. The minimum Gasteiger partial charge on any atom is -0.368 e. The lowest BCUT2D eigenvalue weighted by Gasteiger charge is -2.13. The van der Waals surface area contributed by atoms with Gasteiger partial charge in [0.2, 0.25) is 5.91 Å². The molecule has 0 aromatic carbocycles. The van der Waals surface area contributed by atoms with Crippen molar-refractivity contribution in [2.45, 2.75) is 13.1 Å². The molecular weight excluding hydrogens is 283 g/mol. The highest BCUT2D eigenvalue weighted by atomic mass is 19.4. The minimum atomic E-state index is -4.46. The molecule has 1 amide bonds. The van der Waals surface area contributed by atoms with Gasteiger partial charge in [0.05, 0.1) is 5.56 Å². The topological polar surface area (TPSA) is 54.0 Å². The van der Waals surface area contributed by atoms with Crippen LogP contribution in [0.4, 0.5) is 19.0 Å². The van der Waals surface area contributed by atoms with Crippen LogP contribution in [0.15, 0.2) is 42.6 Å². The van der Waals surface area contributed by atoms with Crippen molar-refractivity contribution >= 4 is 11.7 Å². The van der Waals surface area contributed by atoms with Gasteiger partial charge < -0.3 is 10.6 Å². The first kappa shape index (κ1) is 16.7. The molecule has 0 radical (unpaired) electrons. The summed E-state index contributed by atoms with van der Waals surface area (Å²) in [6.07, 6.45) is 3.18. The Hall–Kier alpha value is -2.31. The normalized spacial score (nSPS) is 12.0. The van der Waals surface area contributed by atoms with Gasteiger partial charge in [0.15, 0.2) is 0 Å². The zero-order valence-corrected chi connectivity index (χ0v) is 11.4. The standard InChI is InChI=1S/C14H16F3N3O/c1-2-3-4-7-12(21)18-9-10-20-13-11(14(15,16)17)6-5-8-19-13/h2-8H,9-10H2,1H3,(H,18,21)(H,19,20)/b3-2+,7-4+. The molecule has 0 unspecified atom stereocenters. The number of alkyl halides is 3. The third-order valence-electron chi connectivity index (χ3n) is 2.38. The fourth-order valence-corrected chi connectivity index (χ4v) is 1.45. The summed E-state index contributed by atoms with van der Waals surface area (Å²) in [4.78, 5) is 15.0. The Balaban J connectivity index is 2.45. The molecule has 1 heterocycles. The van der Waals surface area contributed by atoms with Crippen molar-refractivity contribution in [3.05, 3.63) is 48.2 Å². The van der Waals surface area contributed by atoms with Gasteiger partial charge in [-0.15, -0.1) is 0 Å². The van der Waals surface area contributed by atoms with E-state index in [-0.39, 0.29) is 24.8 Å². The number of pyridine rings is 1. The lowest BCUT2D eigenvalue weighted by atomic mass is 10.2. The van der Waals surface area contributed by atoms with E-state index in [4.69, 9.17) is 0 Å². The maximum Gasteiger partial charge on any atom is 0.419 e. The Labute approximate surface area is 120 Å². The van der Waals surface area contributed by atoms with E-state index in [9.17, 15) is 18.0 Å². The van der Waals surface area contributed by atoms with Gasteiger partial charge in [-0.25, -0.2) is 4.98 Å². The van der Waals surface area contributed by atoms with Crippen LogP contribution in [0, 0.1) is 0 Å². The van der Waals surface area contributed by atoms with Crippen LogP contribution in [0.1, 0.15) is 12.5 Å². The van der Waals surface area contributed by atoms with E-state index in [1.165, 1.54) is 18.3 Å². The van der Waals surface area contributed by atoms with E-state index in [1.54, 1.807) is 18.2 Å². The van der Waals surface area contributed by atoms with Gasteiger partial charge in [0, 0.05) is 25.4 Å². The highest BCUT2D eigenvalue weighted by Gasteiger charge is 2.33. The van der Waals surface area contributed by atoms with E-state index in [2.05, 4.69) is 15.6 Å². The number of rotatable bonds is 6. The van der Waals surface area contributed by atoms with Gasteiger partial charge >= 0.3 is 6.18 Å². The maximum atomic E-state index is 12.7. The van der Waals surface area contributed by atoms with E-state index >= 15 is 0 Å². The molecule has 1 aromatic heterocycles. The fraction of sp³-hybridized carbons (Fsp3) is 0.286. The first-order valence-electron chi connectivity index (χ1n) is 6.28. The van der Waals surface area contributed by atoms with Crippen molar-refractivity contribution in [3.63, 3.8) is 0 Å². The molecule has 0 aliphatic heterocycles. The average Bonchev–Trinajstić information content (AvgIpc) is 2.43. The lowest BCUT2D eigenvalue weighted by Crippen LogP contribution is -2.27. The van der Waals surface area contributed by atoms with Gasteiger partial charge in [-0.3, -0.25) is 4.79 Å². The van der Waals surface area contributed by atoms with Crippen LogP contribution in [0.2, 0.25) is 0 Å². The smallest absolute Gasteiger partial charge is 0.368 e. The Kier molecular flexibility index (Phi) is 6.45. The third-order valence-corrected chi connectivity index (χ3v) is 2.38. The summed E-state index contributed by atoms with van der Waals surface area (Å²) in [5.74, 6) is -0.560. The number of anilines is 1. The molecular formula is C14H16F3N3O. The molecule has 21 heavy (non-hydrogen) atoms. The van der Waals surface area contributed by atoms with E-state index in [1.807, 2.05) is 6.92 Å². The number of halogens is 3. The average molecular weight is 299 g/mol. The van der Waals surface area contributed by atoms with Crippen LogP contribution in [-0.4, -0.2) is 24.0 Å². The molecule has 0 fully saturated rings. The van der Waals surface area contributed by atoms with E-state index < -0.39 is 11.7 Å². The largest absolute Gasteiger partial charge is 0.419 e.